The molecule has 1 amide bonds. The van der Waals surface area contributed by atoms with Crippen molar-refractivity contribution in [3.8, 4) is 5.88 Å². The zero-order valence-electron chi connectivity index (χ0n) is 14.0. The van der Waals surface area contributed by atoms with Crippen LogP contribution in [0.25, 0.3) is 0 Å². The van der Waals surface area contributed by atoms with Gasteiger partial charge in [-0.2, -0.15) is 0 Å². The van der Waals surface area contributed by atoms with Crippen molar-refractivity contribution in [2.24, 2.45) is 0 Å². The fourth-order valence-electron chi connectivity index (χ4n) is 2.83. The fourth-order valence-corrected chi connectivity index (χ4v) is 3.04. The van der Waals surface area contributed by atoms with Crippen LogP contribution >= 0.6 is 11.6 Å². The van der Waals surface area contributed by atoms with E-state index in [0.717, 1.165) is 30.9 Å². The van der Waals surface area contributed by atoms with Crippen LogP contribution in [0, 0.1) is 6.92 Å². The van der Waals surface area contributed by atoms with Gasteiger partial charge in [0.15, 0.2) is 0 Å². The zero-order chi connectivity index (χ0) is 17.3. The molecular formula is C17H21ClN4O2. The van der Waals surface area contributed by atoms with Crippen LogP contribution < -0.4 is 10.1 Å². The Morgan fingerprint density at radius 2 is 2.29 bits per heavy atom. The monoisotopic (exact) mass is 348 g/mol. The summed E-state index contributed by atoms with van der Waals surface area (Å²) < 4.78 is 7.59. The molecule has 0 bridgehead atoms. The molecule has 6 nitrogen and oxygen atoms in total. The molecule has 3 rings (SSSR count). The summed E-state index contributed by atoms with van der Waals surface area (Å²) in [4.78, 5) is 21.1. The predicted molar refractivity (Wildman–Crippen MR) is 91.6 cm³/mol. The second-order valence-corrected chi connectivity index (χ2v) is 6.74. The van der Waals surface area contributed by atoms with Gasteiger partial charge in [0.05, 0.1) is 17.4 Å². The van der Waals surface area contributed by atoms with Crippen LogP contribution in [0.15, 0.2) is 18.5 Å². The summed E-state index contributed by atoms with van der Waals surface area (Å²) in [7, 11) is 0. The van der Waals surface area contributed by atoms with Gasteiger partial charge in [0.2, 0.25) is 5.88 Å². The first-order chi connectivity index (χ1) is 11.4. The lowest BCUT2D eigenvalue weighted by atomic mass is 10.1. The number of nitrogens with zero attached hydrogens (tertiary/aromatic N) is 3. The summed E-state index contributed by atoms with van der Waals surface area (Å²) in [5, 5.41) is 3.39. The van der Waals surface area contributed by atoms with Crippen LogP contribution in [0.5, 0.6) is 5.88 Å². The Morgan fingerprint density at radius 1 is 1.50 bits per heavy atom. The number of rotatable bonds is 4. The molecule has 0 radical (unpaired) electrons. The number of fused-ring (bicyclic) bond motifs is 1. The number of carbonyl (C=O) groups is 1. The van der Waals surface area contributed by atoms with Crippen molar-refractivity contribution >= 4 is 17.5 Å². The van der Waals surface area contributed by atoms with Crippen LogP contribution in [0.3, 0.4) is 0 Å². The molecule has 7 heteroatoms. The van der Waals surface area contributed by atoms with E-state index < -0.39 is 0 Å². The Morgan fingerprint density at radius 3 is 3.00 bits per heavy atom. The fraction of sp³-hybridized carbons (Fsp3) is 0.471. The van der Waals surface area contributed by atoms with Crippen molar-refractivity contribution in [2.75, 3.05) is 0 Å². The summed E-state index contributed by atoms with van der Waals surface area (Å²) >= 11 is 6.15. The van der Waals surface area contributed by atoms with Crippen LogP contribution in [-0.2, 0) is 13.0 Å². The van der Waals surface area contributed by atoms with Crippen molar-refractivity contribution in [1.82, 2.24) is 19.9 Å². The third-order valence-corrected chi connectivity index (χ3v) is 4.14. The summed E-state index contributed by atoms with van der Waals surface area (Å²) in [6, 6.07) is 1.67. The number of ether oxygens (including phenoxy) is 1. The number of amides is 1. The Bertz CT molecular complexity index is 757. The maximum atomic E-state index is 12.4. The van der Waals surface area contributed by atoms with Gasteiger partial charge < -0.3 is 14.6 Å². The number of imidazole rings is 1. The lowest BCUT2D eigenvalue weighted by Gasteiger charge is -2.24. The van der Waals surface area contributed by atoms with E-state index in [4.69, 9.17) is 16.3 Å². The minimum Gasteiger partial charge on any atom is -0.474 e. The first-order valence-electron chi connectivity index (χ1n) is 8.08. The number of aromatic nitrogens is 3. The maximum absolute atomic E-state index is 12.4. The smallest absolute Gasteiger partial charge is 0.253 e. The van der Waals surface area contributed by atoms with E-state index in [-0.39, 0.29) is 18.1 Å². The van der Waals surface area contributed by atoms with E-state index in [0.29, 0.717) is 16.5 Å². The third-order valence-electron chi connectivity index (χ3n) is 3.87. The Balaban J connectivity index is 1.66. The van der Waals surface area contributed by atoms with Gasteiger partial charge in [0.1, 0.15) is 10.8 Å². The highest BCUT2D eigenvalue weighted by Gasteiger charge is 2.22. The van der Waals surface area contributed by atoms with Gasteiger partial charge in [-0.3, -0.25) is 4.79 Å². The van der Waals surface area contributed by atoms with E-state index in [1.807, 2.05) is 27.0 Å². The van der Waals surface area contributed by atoms with Gasteiger partial charge >= 0.3 is 0 Å². The quantitative estimate of drug-likeness (QED) is 0.922. The van der Waals surface area contributed by atoms with Gasteiger partial charge in [-0.05, 0) is 33.3 Å². The highest BCUT2D eigenvalue weighted by molar-refractivity contribution is 6.32. The number of hydrogen-bond donors (Lipinski definition) is 1. The summed E-state index contributed by atoms with van der Waals surface area (Å²) in [6.45, 7) is 6.51. The zero-order valence-corrected chi connectivity index (χ0v) is 14.8. The first kappa shape index (κ1) is 16.8. The van der Waals surface area contributed by atoms with Crippen LogP contribution in [-0.4, -0.2) is 32.6 Å². The molecule has 2 aromatic rings. The van der Waals surface area contributed by atoms with Crippen molar-refractivity contribution in [3.05, 3.63) is 40.6 Å². The molecule has 1 N–H and O–H groups in total. The highest BCUT2D eigenvalue weighted by atomic mass is 35.5. The minimum atomic E-state index is -0.175. The first-order valence-corrected chi connectivity index (χ1v) is 8.46. The standard InChI is InChI=1S/C17H21ClN4O2/c1-10(2)24-17-14(18)6-12(7-19-17)16(23)21-13-4-5-15-20-11(3)8-22(15)9-13/h6-8,10,13H,4-5,9H2,1-3H3,(H,21,23)/t13-/m1/s1. The number of hydrogen-bond acceptors (Lipinski definition) is 4. The van der Waals surface area contributed by atoms with Crippen molar-refractivity contribution in [1.29, 1.82) is 0 Å². The molecule has 0 unspecified atom stereocenters. The normalized spacial score (nSPS) is 16.8. The molecule has 1 atom stereocenters. The number of aryl methyl sites for hydroxylation is 2. The molecular weight excluding hydrogens is 328 g/mol. The number of pyridine rings is 1. The number of halogens is 1. The average molecular weight is 349 g/mol. The Kier molecular flexibility index (Phi) is 4.76. The molecule has 0 saturated heterocycles. The molecule has 24 heavy (non-hydrogen) atoms. The summed E-state index contributed by atoms with van der Waals surface area (Å²) in [5.41, 5.74) is 1.44. The summed E-state index contributed by atoms with van der Waals surface area (Å²) in [5.74, 6) is 1.25. The molecule has 1 aliphatic heterocycles. The molecule has 3 heterocycles. The topological polar surface area (TPSA) is 69.0 Å². The number of carbonyl (C=O) groups excluding carboxylic acids is 1. The van der Waals surface area contributed by atoms with E-state index in [9.17, 15) is 4.79 Å². The Labute approximate surface area is 146 Å². The molecule has 0 fully saturated rings. The van der Waals surface area contributed by atoms with E-state index in [1.54, 1.807) is 6.07 Å². The minimum absolute atomic E-state index is 0.0234. The third kappa shape index (κ3) is 3.70. The lowest BCUT2D eigenvalue weighted by molar-refractivity contribution is 0.0927. The molecule has 0 aliphatic carbocycles. The lowest BCUT2D eigenvalue weighted by Crippen LogP contribution is -2.40. The highest BCUT2D eigenvalue weighted by Crippen LogP contribution is 2.23. The maximum Gasteiger partial charge on any atom is 0.253 e. The summed E-state index contributed by atoms with van der Waals surface area (Å²) in [6.07, 6.45) is 5.22. The molecule has 0 aromatic carbocycles. The van der Waals surface area contributed by atoms with Crippen LogP contribution in [0.4, 0.5) is 0 Å². The second kappa shape index (κ2) is 6.81. The second-order valence-electron chi connectivity index (χ2n) is 6.34. The number of nitrogens with one attached hydrogen (secondary N) is 1. The largest absolute Gasteiger partial charge is 0.474 e. The molecule has 1 aliphatic rings. The Hall–Kier alpha value is -2.08. The van der Waals surface area contributed by atoms with Crippen molar-refractivity contribution in [2.45, 2.75) is 52.3 Å². The molecule has 0 spiro atoms. The van der Waals surface area contributed by atoms with E-state index >= 15 is 0 Å². The van der Waals surface area contributed by atoms with Crippen molar-refractivity contribution in [3.63, 3.8) is 0 Å². The van der Waals surface area contributed by atoms with Gasteiger partial charge in [-0.25, -0.2) is 9.97 Å². The van der Waals surface area contributed by atoms with Gasteiger partial charge in [-0.1, -0.05) is 11.6 Å². The van der Waals surface area contributed by atoms with Crippen LogP contribution in [0.1, 0.15) is 42.1 Å². The molecule has 0 saturated carbocycles. The van der Waals surface area contributed by atoms with Gasteiger partial charge in [0, 0.05) is 31.4 Å². The van der Waals surface area contributed by atoms with Gasteiger partial charge in [-0.15, -0.1) is 0 Å². The van der Waals surface area contributed by atoms with E-state index in [2.05, 4.69) is 19.9 Å². The molecule has 2 aromatic heterocycles. The van der Waals surface area contributed by atoms with Crippen LogP contribution in [0.2, 0.25) is 5.02 Å². The predicted octanol–water partition coefficient (Wildman–Crippen LogP) is 2.77. The van der Waals surface area contributed by atoms with E-state index in [1.165, 1.54) is 6.20 Å². The average Bonchev–Trinajstić information content (AvgIpc) is 2.88. The van der Waals surface area contributed by atoms with Crippen molar-refractivity contribution < 1.29 is 9.53 Å². The molecule has 128 valence electrons. The van der Waals surface area contributed by atoms with Gasteiger partial charge in [0.25, 0.3) is 5.91 Å². The SMILES string of the molecule is Cc1cn2c(n1)CC[C@@H](NC(=O)c1cnc(OC(C)C)c(Cl)c1)C2.